The lowest BCUT2D eigenvalue weighted by molar-refractivity contribution is 0.0678. The Hall–Kier alpha value is -2.21. The third kappa shape index (κ3) is 4.56. The Balaban J connectivity index is 1.65. The summed E-state index contributed by atoms with van der Waals surface area (Å²) in [6.45, 7) is 10.7. The van der Waals surface area contributed by atoms with Gasteiger partial charge < -0.3 is 9.32 Å². The van der Waals surface area contributed by atoms with Crippen molar-refractivity contribution in [3.63, 3.8) is 0 Å². The van der Waals surface area contributed by atoms with E-state index in [9.17, 15) is 4.79 Å². The zero-order valence-electron chi connectivity index (χ0n) is 16.6. The number of furan rings is 1. The van der Waals surface area contributed by atoms with Gasteiger partial charge in [0.05, 0.1) is 0 Å². The topological polar surface area (TPSA) is 62.5 Å². The van der Waals surface area contributed by atoms with Crippen molar-refractivity contribution in [2.75, 3.05) is 26.2 Å². The second-order valence-electron chi connectivity index (χ2n) is 7.07. The van der Waals surface area contributed by atoms with Crippen LogP contribution in [-0.2, 0) is 13.0 Å². The lowest BCUT2D eigenvalue weighted by Crippen LogP contribution is -2.37. The molecule has 3 heterocycles. The van der Waals surface area contributed by atoms with Crippen molar-refractivity contribution < 1.29 is 9.21 Å². The number of likely N-dealkylation sites (tertiary alicyclic amines) is 1. The van der Waals surface area contributed by atoms with Crippen molar-refractivity contribution >= 4 is 5.91 Å². The summed E-state index contributed by atoms with van der Waals surface area (Å²) in [5.41, 5.74) is 2.21. The number of carbonyl (C=O) groups excluding carboxylic acids is 1. The maximum atomic E-state index is 12.9. The van der Waals surface area contributed by atoms with Crippen molar-refractivity contribution in [1.82, 2.24) is 19.8 Å². The van der Waals surface area contributed by atoms with E-state index in [0.29, 0.717) is 11.7 Å². The van der Waals surface area contributed by atoms with Gasteiger partial charge in [0, 0.05) is 49.4 Å². The second kappa shape index (κ2) is 9.13. The summed E-state index contributed by atoms with van der Waals surface area (Å²) < 4.78 is 5.94. The fraction of sp³-hybridized carbons (Fsp3) is 0.571. The summed E-state index contributed by atoms with van der Waals surface area (Å²) in [7, 11) is 0. The summed E-state index contributed by atoms with van der Waals surface area (Å²) in [6, 6.07) is 3.93. The molecule has 1 aliphatic heterocycles. The van der Waals surface area contributed by atoms with Gasteiger partial charge in [-0.3, -0.25) is 9.69 Å². The highest BCUT2D eigenvalue weighted by Crippen LogP contribution is 2.28. The first-order valence-corrected chi connectivity index (χ1v) is 10.0. The molecule has 2 aromatic heterocycles. The van der Waals surface area contributed by atoms with Gasteiger partial charge in [0.15, 0.2) is 5.76 Å². The summed E-state index contributed by atoms with van der Waals surface area (Å²) in [5.74, 6) is 1.82. The van der Waals surface area contributed by atoms with E-state index in [1.807, 2.05) is 17.0 Å². The van der Waals surface area contributed by atoms with E-state index in [1.54, 1.807) is 12.5 Å². The van der Waals surface area contributed by atoms with Crippen LogP contribution in [0.5, 0.6) is 0 Å². The number of hydrogen-bond donors (Lipinski definition) is 0. The van der Waals surface area contributed by atoms with Crippen molar-refractivity contribution in [2.24, 2.45) is 0 Å². The zero-order chi connectivity index (χ0) is 19.2. The van der Waals surface area contributed by atoms with Crippen LogP contribution >= 0.6 is 0 Å². The minimum atomic E-state index is 0.0108. The zero-order valence-corrected chi connectivity index (χ0v) is 16.6. The molecule has 0 aromatic carbocycles. The molecule has 6 heteroatoms. The Morgan fingerprint density at radius 2 is 2.00 bits per heavy atom. The van der Waals surface area contributed by atoms with Gasteiger partial charge >= 0.3 is 0 Å². The predicted molar refractivity (Wildman–Crippen MR) is 105 cm³/mol. The van der Waals surface area contributed by atoms with Crippen LogP contribution in [0.2, 0.25) is 0 Å². The molecule has 0 saturated carbocycles. The largest absolute Gasteiger partial charge is 0.456 e. The lowest BCUT2D eigenvalue weighted by Gasteiger charge is -2.31. The Kier molecular flexibility index (Phi) is 6.61. The Morgan fingerprint density at radius 3 is 2.59 bits per heavy atom. The minimum absolute atomic E-state index is 0.0108. The third-order valence-electron chi connectivity index (χ3n) is 5.52. The minimum Gasteiger partial charge on any atom is -0.456 e. The van der Waals surface area contributed by atoms with Gasteiger partial charge in [-0.05, 0) is 38.1 Å². The molecule has 3 rings (SSSR count). The van der Waals surface area contributed by atoms with Crippen LogP contribution in [0.25, 0.3) is 0 Å². The van der Waals surface area contributed by atoms with Gasteiger partial charge in [-0.25, -0.2) is 9.97 Å². The molecule has 0 bridgehead atoms. The highest BCUT2D eigenvalue weighted by molar-refractivity contribution is 5.91. The van der Waals surface area contributed by atoms with E-state index < -0.39 is 0 Å². The van der Waals surface area contributed by atoms with Crippen LogP contribution < -0.4 is 0 Å². The van der Waals surface area contributed by atoms with Gasteiger partial charge in [0.2, 0.25) is 0 Å². The van der Waals surface area contributed by atoms with Gasteiger partial charge in [-0.1, -0.05) is 20.8 Å². The molecular weight excluding hydrogens is 340 g/mol. The smallest absolute Gasteiger partial charge is 0.289 e. The molecule has 1 amide bonds. The number of aromatic nitrogens is 2. The maximum Gasteiger partial charge on any atom is 0.289 e. The van der Waals surface area contributed by atoms with Crippen LogP contribution in [-0.4, -0.2) is 51.9 Å². The van der Waals surface area contributed by atoms with Gasteiger partial charge in [0.1, 0.15) is 12.1 Å². The first kappa shape index (κ1) is 19.5. The molecule has 0 atom stereocenters. The van der Waals surface area contributed by atoms with Crippen LogP contribution in [0.4, 0.5) is 0 Å². The van der Waals surface area contributed by atoms with Gasteiger partial charge in [0.25, 0.3) is 5.91 Å². The highest BCUT2D eigenvalue weighted by Gasteiger charge is 2.27. The normalized spacial score (nSPS) is 15.5. The van der Waals surface area contributed by atoms with E-state index >= 15 is 0 Å². The van der Waals surface area contributed by atoms with Crippen LogP contribution in [0.15, 0.2) is 29.1 Å². The molecule has 27 heavy (non-hydrogen) atoms. The van der Waals surface area contributed by atoms with Crippen molar-refractivity contribution in [1.29, 1.82) is 0 Å². The average Bonchev–Trinajstić information content (AvgIpc) is 3.15. The molecule has 1 fully saturated rings. The molecule has 146 valence electrons. The first-order chi connectivity index (χ1) is 13.2. The summed E-state index contributed by atoms with van der Waals surface area (Å²) >= 11 is 0. The third-order valence-corrected chi connectivity index (χ3v) is 5.52. The number of nitrogens with zero attached hydrogens (tertiary/aromatic N) is 4. The Bertz CT molecular complexity index is 732. The fourth-order valence-corrected chi connectivity index (χ4v) is 3.77. The molecule has 0 spiro atoms. The summed E-state index contributed by atoms with van der Waals surface area (Å²) in [5, 5.41) is 0. The van der Waals surface area contributed by atoms with Crippen LogP contribution in [0.3, 0.4) is 0 Å². The Morgan fingerprint density at radius 1 is 1.26 bits per heavy atom. The number of piperidine rings is 1. The Labute approximate surface area is 161 Å². The van der Waals surface area contributed by atoms with E-state index in [1.165, 1.54) is 0 Å². The monoisotopic (exact) mass is 370 g/mol. The molecule has 0 aliphatic carbocycles. The molecular formula is C21H30N4O2. The standard InChI is InChI=1S/C21H30N4O2/c1-4-19-17(14-24(5-2)6-3)13-20(27-19)21(26)25-11-8-16(9-12-25)18-7-10-22-15-23-18/h7,10,13,15-16H,4-6,8-9,11-12,14H2,1-3H3. The van der Waals surface area contributed by atoms with Crippen LogP contribution in [0.1, 0.15) is 67.1 Å². The highest BCUT2D eigenvalue weighted by atomic mass is 16.4. The number of aryl methyl sites for hydroxylation is 1. The maximum absolute atomic E-state index is 12.9. The molecule has 1 saturated heterocycles. The van der Waals surface area contributed by atoms with Crippen molar-refractivity contribution in [2.45, 2.75) is 52.5 Å². The first-order valence-electron chi connectivity index (χ1n) is 10.0. The van der Waals surface area contributed by atoms with Gasteiger partial charge in [-0.15, -0.1) is 0 Å². The van der Waals surface area contributed by atoms with Gasteiger partial charge in [-0.2, -0.15) is 0 Å². The van der Waals surface area contributed by atoms with E-state index in [4.69, 9.17) is 4.42 Å². The molecule has 0 N–H and O–H groups in total. The lowest BCUT2D eigenvalue weighted by atomic mass is 9.93. The molecule has 0 radical (unpaired) electrons. The van der Waals surface area contributed by atoms with E-state index in [2.05, 4.69) is 35.6 Å². The van der Waals surface area contributed by atoms with E-state index in [-0.39, 0.29) is 5.91 Å². The van der Waals surface area contributed by atoms with Crippen molar-refractivity contribution in [3.8, 4) is 0 Å². The van der Waals surface area contributed by atoms with Crippen molar-refractivity contribution in [3.05, 3.63) is 47.4 Å². The van der Waals surface area contributed by atoms with Crippen LogP contribution in [0, 0.1) is 0 Å². The van der Waals surface area contributed by atoms with E-state index in [0.717, 1.165) is 69.0 Å². The SMILES string of the molecule is CCc1oc(C(=O)N2CCC(c3ccncn3)CC2)cc1CN(CC)CC. The predicted octanol–water partition coefficient (Wildman–Crippen LogP) is 3.49. The molecule has 1 aliphatic rings. The second-order valence-corrected chi connectivity index (χ2v) is 7.07. The molecule has 6 nitrogen and oxygen atoms in total. The average molecular weight is 370 g/mol. The quantitative estimate of drug-likeness (QED) is 0.746. The number of hydrogen-bond acceptors (Lipinski definition) is 5. The number of amides is 1. The molecule has 0 unspecified atom stereocenters. The number of rotatable bonds is 7. The summed E-state index contributed by atoms with van der Waals surface area (Å²) in [4.78, 5) is 25.5. The number of carbonyl (C=O) groups is 1. The summed E-state index contributed by atoms with van der Waals surface area (Å²) in [6.07, 6.45) is 6.04. The fourth-order valence-electron chi connectivity index (χ4n) is 3.77. The molecule has 2 aromatic rings.